The fourth-order valence-electron chi connectivity index (χ4n) is 2.41. The van der Waals surface area contributed by atoms with E-state index < -0.39 is 17.4 Å². The predicted octanol–water partition coefficient (Wildman–Crippen LogP) is 2.19. The van der Waals surface area contributed by atoms with Gasteiger partial charge in [0, 0.05) is 18.8 Å². The van der Waals surface area contributed by atoms with Crippen molar-refractivity contribution in [2.75, 3.05) is 13.1 Å². The summed E-state index contributed by atoms with van der Waals surface area (Å²) in [5.74, 6) is -0.892. The van der Waals surface area contributed by atoms with Gasteiger partial charge in [-0.3, -0.25) is 9.48 Å². The van der Waals surface area contributed by atoms with Crippen LogP contribution in [0.5, 0.6) is 0 Å². The van der Waals surface area contributed by atoms with Crippen LogP contribution in [0.3, 0.4) is 0 Å². The normalized spacial score (nSPS) is 24.1. The number of aromatic nitrogens is 2. The smallest absolute Gasteiger partial charge is 0.315 e. The predicted molar refractivity (Wildman–Crippen MR) is 62.9 cm³/mol. The van der Waals surface area contributed by atoms with Gasteiger partial charge in [-0.2, -0.15) is 18.3 Å². The molecule has 1 aromatic heterocycles. The van der Waals surface area contributed by atoms with Crippen molar-refractivity contribution in [3.05, 3.63) is 18.0 Å². The van der Waals surface area contributed by atoms with Crippen LogP contribution >= 0.6 is 0 Å². The van der Waals surface area contributed by atoms with Gasteiger partial charge >= 0.3 is 6.18 Å². The molecule has 1 N–H and O–H groups in total. The van der Waals surface area contributed by atoms with Crippen molar-refractivity contribution >= 4 is 5.78 Å². The van der Waals surface area contributed by atoms with E-state index in [0.29, 0.717) is 0 Å². The maximum atomic E-state index is 13.3. The highest BCUT2D eigenvalue weighted by Gasteiger charge is 2.61. The molecule has 0 bridgehead atoms. The Morgan fingerprint density at radius 1 is 1.53 bits per heavy atom. The molecule has 2 heterocycles. The molecule has 0 spiro atoms. The highest BCUT2D eigenvalue weighted by Crippen LogP contribution is 2.45. The highest BCUT2D eigenvalue weighted by atomic mass is 19.4. The molecule has 0 amide bonds. The fourth-order valence-corrected chi connectivity index (χ4v) is 2.41. The van der Waals surface area contributed by atoms with Gasteiger partial charge in [0.05, 0.1) is 0 Å². The molecule has 106 valence electrons. The number of Topliss-reactive ketones (excluding diaryl/α,β-unsaturated/α-hetero) is 1. The van der Waals surface area contributed by atoms with E-state index in [1.165, 1.54) is 16.9 Å². The lowest BCUT2D eigenvalue weighted by atomic mass is 9.80. The van der Waals surface area contributed by atoms with Gasteiger partial charge in [-0.05, 0) is 32.9 Å². The fraction of sp³-hybridized carbons (Fsp3) is 0.667. The molecule has 1 fully saturated rings. The SMILES string of the molecule is CC(C)n1nccc1C(=O)C1(C(F)(F)F)CCNC1. The second-order valence-electron chi connectivity index (χ2n) is 5.09. The topological polar surface area (TPSA) is 46.9 Å². The van der Waals surface area contributed by atoms with E-state index in [-0.39, 0.29) is 31.2 Å². The van der Waals surface area contributed by atoms with Gasteiger partial charge in [-0.15, -0.1) is 0 Å². The lowest BCUT2D eigenvalue weighted by molar-refractivity contribution is -0.197. The van der Waals surface area contributed by atoms with E-state index in [4.69, 9.17) is 0 Å². The second-order valence-corrected chi connectivity index (χ2v) is 5.09. The van der Waals surface area contributed by atoms with E-state index in [1.54, 1.807) is 13.8 Å². The van der Waals surface area contributed by atoms with Gasteiger partial charge < -0.3 is 5.32 Å². The maximum absolute atomic E-state index is 13.3. The molecule has 1 aliphatic heterocycles. The minimum atomic E-state index is -4.56. The third kappa shape index (κ3) is 2.16. The highest BCUT2D eigenvalue weighted by molar-refractivity contribution is 6.00. The summed E-state index contributed by atoms with van der Waals surface area (Å²) in [5.41, 5.74) is -2.30. The molecule has 4 nitrogen and oxygen atoms in total. The summed E-state index contributed by atoms with van der Waals surface area (Å²) < 4.78 is 41.2. The number of ketones is 1. The zero-order chi connectivity index (χ0) is 14.3. The van der Waals surface area contributed by atoms with Gasteiger partial charge in [0.2, 0.25) is 0 Å². The molecule has 0 aromatic carbocycles. The minimum Gasteiger partial charge on any atom is -0.315 e. The maximum Gasteiger partial charge on any atom is 0.403 e. The van der Waals surface area contributed by atoms with Gasteiger partial charge in [0.1, 0.15) is 11.1 Å². The molecule has 0 radical (unpaired) electrons. The summed E-state index contributed by atoms with van der Waals surface area (Å²) in [5, 5.41) is 6.57. The first-order chi connectivity index (χ1) is 8.79. The van der Waals surface area contributed by atoms with Crippen LogP contribution in [0.4, 0.5) is 13.2 Å². The van der Waals surface area contributed by atoms with Crippen LogP contribution in [0.15, 0.2) is 12.3 Å². The van der Waals surface area contributed by atoms with Gasteiger partial charge in [0.25, 0.3) is 0 Å². The average molecular weight is 275 g/mol. The molecule has 19 heavy (non-hydrogen) atoms. The van der Waals surface area contributed by atoms with E-state index in [0.717, 1.165) is 0 Å². The molecule has 1 saturated heterocycles. The van der Waals surface area contributed by atoms with Crippen LogP contribution in [-0.4, -0.2) is 34.8 Å². The van der Waals surface area contributed by atoms with Crippen molar-refractivity contribution in [1.82, 2.24) is 15.1 Å². The molecule has 7 heteroatoms. The van der Waals surface area contributed by atoms with Crippen molar-refractivity contribution in [2.24, 2.45) is 5.41 Å². The number of hydrogen-bond acceptors (Lipinski definition) is 3. The number of hydrogen-bond donors (Lipinski definition) is 1. The summed E-state index contributed by atoms with van der Waals surface area (Å²) >= 11 is 0. The first kappa shape index (κ1) is 14.0. The lowest BCUT2D eigenvalue weighted by Crippen LogP contribution is -2.47. The average Bonchev–Trinajstić information content (AvgIpc) is 2.97. The third-order valence-corrected chi connectivity index (χ3v) is 3.52. The third-order valence-electron chi connectivity index (χ3n) is 3.52. The molecule has 1 atom stereocenters. The Bertz CT molecular complexity index is 473. The quantitative estimate of drug-likeness (QED) is 0.860. The van der Waals surface area contributed by atoms with Crippen molar-refractivity contribution in [3.8, 4) is 0 Å². The minimum absolute atomic E-state index is 0.0241. The van der Waals surface area contributed by atoms with Crippen LogP contribution in [0.2, 0.25) is 0 Å². The Morgan fingerprint density at radius 2 is 2.21 bits per heavy atom. The molecule has 1 aromatic rings. The van der Waals surface area contributed by atoms with E-state index in [2.05, 4.69) is 10.4 Å². The van der Waals surface area contributed by atoms with Crippen molar-refractivity contribution in [2.45, 2.75) is 32.5 Å². The lowest BCUT2D eigenvalue weighted by Gasteiger charge is -2.29. The zero-order valence-corrected chi connectivity index (χ0v) is 10.8. The first-order valence-electron chi connectivity index (χ1n) is 6.15. The Hall–Kier alpha value is -1.37. The van der Waals surface area contributed by atoms with Gasteiger partial charge in [-0.1, -0.05) is 0 Å². The van der Waals surface area contributed by atoms with Crippen molar-refractivity contribution in [1.29, 1.82) is 0 Å². The van der Waals surface area contributed by atoms with E-state index in [1.807, 2.05) is 0 Å². The Labute approximate surface area is 109 Å². The number of nitrogens with one attached hydrogen (secondary N) is 1. The van der Waals surface area contributed by atoms with E-state index in [9.17, 15) is 18.0 Å². The Balaban J connectivity index is 2.44. The molecular weight excluding hydrogens is 259 g/mol. The van der Waals surface area contributed by atoms with Crippen LogP contribution in [0.25, 0.3) is 0 Å². The van der Waals surface area contributed by atoms with Gasteiger partial charge in [-0.25, -0.2) is 0 Å². The second kappa shape index (κ2) is 4.63. The molecule has 2 rings (SSSR count). The number of carbonyl (C=O) groups excluding carboxylic acids is 1. The first-order valence-corrected chi connectivity index (χ1v) is 6.15. The summed E-state index contributed by atoms with van der Waals surface area (Å²) in [4.78, 5) is 12.4. The summed E-state index contributed by atoms with van der Waals surface area (Å²) in [6.45, 7) is 3.38. The number of halogens is 3. The number of carbonyl (C=O) groups is 1. The van der Waals surface area contributed by atoms with Crippen molar-refractivity contribution in [3.63, 3.8) is 0 Å². The van der Waals surface area contributed by atoms with E-state index >= 15 is 0 Å². The Kier molecular flexibility index (Phi) is 3.42. The van der Waals surface area contributed by atoms with Gasteiger partial charge in [0.15, 0.2) is 5.78 Å². The van der Waals surface area contributed by atoms with Crippen molar-refractivity contribution < 1.29 is 18.0 Å². The van der Waals surface area contributed by atoms with Crippen LogP contribution in [0.1, 0.15) is 36.8 Å². The molecule has 1 aliphatic rings. The summed E-state index contributed by atoms with van der Waals surface area (Å²) in [6, 6.07) is 1.20. The molecule has 0 aliphatic carbocycles. The standard InChI is InChI=1S/C12H16F3N3O/c1-8(2)18-9(3-5-17-18)10(19)11(12(13,14)15)4-6-16-7-11/h3,5,8,16H,4,6-7H2,1-2H3. The zero-order valence-electron chi connectivity index (χ0n) is 10.8. The number of rotatable bonds is 3. The largest absolute Gasteiger partial charge is 0.403 e. The summed E-state index contributed by atoms with van der Waals surface area (Å²) in [7, 11) is 0. The Morgan fingerprint density at radius 3 is 2.68 bits per heavy atom. The van der Waals surface area contributed by atoms with Crippen LogP contribution < -0.4 is 5.32 Å². The van der Waals surface area contributed by atoms with Crippen LogP contribution in [-0.2, 0) is 0 Å². The molecule has 0 saturated carbocycles. The summed E-state index contributed by atoms with van der Waals surface area (Å²) in [6.07, 6.45) is -3.42. The number of alkyl halides is 3. The molecule has 1 unspecified atom stereocenters. The number of nitrogens with zero attached hydrogens (tertiary/aromatic N) is 2. The van der Waals surface area contributed by atoms with Crippen LogP contribution in [0, 0.1) is 5.41 Å². The monoisotopic (exact) mass is 275 g/mol. The molecular formula is C12H16F3N3O.